The molecule has 1 atom stereocenters. The molecular weight excluding hydrogens is 260 g/mol. The minimum atomic E-state index is -0.239. The number of amides is 1. The zero-order valence-electron chi connectivity index (χ0n) is 13.9. The Morgan fingerprint density at radius 1 is 1.05 bits per heavy atom. The van der Waals surface area contributed by atoms with Crippen molar-refractivity contribution < 1.29 is 4.79 Å². The molecule has 114 valence electrons. The van der Waals surface area contributed by atoms with Crippen LogP contribution in [0.1, 0.15) is 47.6 Å². The number of rotatable bonds is 2. The third kappa shape index (κ3) is 3.46. The first-order valence-electron chi connectivity index (χ1n) is 7.47. The van der Waals surface area contributed by atoms with E-state index in [1.807, 2.05) is 39.1 Å². The van der Waals surface area contributed by atoms with Gasteiger partial charge >= 0.3 is 0 Å². The number of nitrogens with one attached hydrogen (secondary N) is 1. The second-order valence-corrected chi connectivity index (χ2v) is 7.79. The molecule has 1 amide bonds. The molecule has 0 saturated heterocycles. The minimum absolute atomic E-state index is 0.0661. The highest BCUT2D eigenvalue weighted by atomic mass is 16.2. The molecule has 1 aromatic heterocycles. The van der Waals surface area contributed by atoms with Gasteiger partial charge in [-0.1, -0.05) is 39.0 Å². The van der Waals surface area contributed by atoms with Crippen LogP contribution in [0.2, 0.25) is 0 Å². The molecule has 0 aliphatic carbocycles. The van der Waals surface area contributed by atoms with E-state index in [9.17, 15) is 4.79 Å². The van der Waals surface area contributed by atoms with Crippen LogP contribution in [0.4, 0.5) is 0 Å². The number of aromatic nitrogens is 1. The third-order valence-electron chi connectivity index (χ3n) is 3.47. The number of hydrogen-bond acceptors (Lipinski definition) is 1. The number of carbonyl (C=O) groups is 1. The third-order valence-corrected chi connectivity index (χ3v) is 3.47. The molecule has 0 radical (unpaired) electrons. The van der Waals surface area contributed by atoms with Crippen molar-refractivity contribution in [3.8, 4) is 0 Å². The molecular formula is C18H26N2O. The smallest absolute Gasteiger partial charge is 0.244 e. The van der Waals surface area contributed by atoms with Crippen LogP contribution >= 0.6 is 0 Å². The van der Waals surface area contributed by atoms with Gasteiger partial charge < -0.3 is 9.88 Å². The molecule has 0 saturated carbocycles. The van der Waals surface area contributed by atoms with Crippen LogP contribution in [0.3, 0.4) is 0 Å². The Morgan fingerprint density at radius 3 is 2.24 bits per heavy atom. The number of benzene rings is 1. The predicted octanol–water partition coefficient (Wildman–Crippen LogP) is 4.14. The van der Waals surface area contributed by atoms with Crippen molar-refractivity contribution in [2.75, 3.05) is 0 Å². The van der Waals surface area contributed by atoms with Crippen LogP contribution in [-0.2, 0) is 4.79 Å². The van der Waals surface area contributed by atoms with Gasteiger partial charge in [-0.25, -0.2) is 0 Å². The molecule has 1 N–H and O–H groups in total. The van der Waals surface area contributed by atoms with Gasteiger partial charge in [-0.2, -0.15) is 0 Å². The lowest BCUT2D eigenvalue weighted by Gasteiger charge is -2.34. The fourth-order valence-corrected chi connectivity index (χ4v) is 2.70. The van der Waals surface area contributed by atoms with E-state index < -0.39 is 0 Å². The topological polar surface area (TPSA) is 34.0 Å². The molecule has 0 aliphatic rings. The number of nitrogens with zero attached hydrogens (tertiary/aromatic N) is 1. The maximum absolute atomic E-state index is 12.8. The first-order chi connectivity index (χ1) is 9.59. The first-order valence-corrected chi connectivity index (χ1v) is 7.47. The molecule has 1 unspecified atom stereocenters. The van der Waals surface area contributed by atoms with Crippen LogP contribution in [0, 0.1) is 5.41 Å². The molecule has 0 spiro atoms. The summed E-state index contributed by atoms with van der Waals surface area (Å²) in [7, 11) is 0. The normalized spacial score (nSPS) is 14.2. The van der Waals surface area contributed by atoms with E-state index in [0.717, 1.165) is 10.9 Å². The first kappa shape index (κ1) is 15.6. The monoisotopic (exact) mass is 286 g/mol. The highest BCUT2D eigenvalue weighted by Gasteiger charge is 2.34. The van der Waals surface area contributed by atoms with Crippen molar-refractivity contribution in [2.45, 2.75) is 53.1 Å². The average molecular weight is 286 g/mol. The van der Waals surface area contributed by atoms with Gasteiger partial charge in [0.05, 0.1) is 0 Å². The van der Waals surface area contributed by atoms with Gasteiger partial charge in [-0.3, -0.25) is 4.79 Å². The van der Waals surface area contributed by atoms with Gasteiger partial charge in [0.2, 0.25) is 5.91 Å². The van der Waals surface area contributed by atoms with Crippen molar-refractivity contribution in [2.24, 2.45) is 5.41 Å². The molecule has 0 bridgehead atoms. The number of hydrogen-bond donors (Lipinski definition) is 1. The lowest BCUT2D eigenvalue weighted by molar-refractivity contribution is -0.128. The Hall–Kier alpha value is -1.77. The number of fused-ring (bicyclic) bond motifs is 1. The summed E-state index contributed by atoms with van der Waals surface area (Å²) in [5, 5.41) is 4.28. The molecule has 2 aromatic rings. The lowest BCUT2D eigenvalue weighted by atomic mass is 9.85. The SMILES string of the molecule is CC(C)(C)NC(=O)C(n1ccc2ccccc21)C(C)(C)C. The molecule has 21 heavy (non-hydrogen) atoms. The van der Waals surface area contributed by atoms with Gasteiger partial charge in [0, 0.05) is 17.3 Å². The molecule has 1 aromatic carbocycles. The summed E-state index contributed by atoms with van der Waals surface area (Å²) in [6, 6.07) is 10.0. The van der Waals surface area contributed by atoms with Gasteiger partial charge in [0.15, 0.2) is 0 Å². The second kappa shape index (κ2) is 5.21. The van der Waals surface area contributed by atoms with E-state index in [4.69, 9.17) is 0 Å². The molecule has 1 heterocycles. The van der Waals surface area contributed by atoms with Gasteiger partial charge in [-0.05, 0) is 43.7 Å². The fourth-order valence-electron chi connectivity index (χ4n) is 2.70. The van der Waals surface area contributed by atoms with Crippen molar-refractivity contribution in [1.29, 1.82) is 0 Å². The maximum Gasteiger partial charge on any atom is 0.244 e. The predicted molar refractivity (Wildman–Crippen MR) is 88.3 cm³/mol. The summed E-state index contributed by atoms with van der Waals surface area (Å²) in [6.07, 6.45) is 2.02. The summed E-state index contributed by atoms with van der Waals surface area (Å²) in [5.74, 6) is 0.0661. The fraction of sp³-hybridized carbons (Fsp3) is 0.500. The van der Waals surface area contributed by atoms with E-state index in [0.29, 0.717) is 0 Å². The van der Waals surface area contributed by atoms with Crippen molar-refractivity contribution in [3.63, 3.8) is 0 Å². The molecule has 2 rings (SSSR count). The van der Waals surface area contributed by atoms with E-state index in [-0.39, 0.29) is 22.9 Å². The summed E-state index contributed by atoms with van der Waals surface area (Å²) in [6.45, 7) is 12.4. The second-order valence-electron chi connectivity index (χ2n) is 7.79. The van der Waals surface area contributed by atoms with Crippen LogP contribution in [0.5, 0.6) is 0 Å². The van der Waals surface area contributed by atoms with Crippen LogP contribution in [0.15, 0.2) is 36.5 Å². The lowest BCUT2D eigenvalue weighted by Crippen LogP contribution is -2.47. The highest BCUT2D eigenvalue weighted by molar-refractivity contribution is 5.86. The summed E-state index contributed by atoms with van der Waals surface area (Å²) < 4.78 is 2.09. The van der Waals surface area contributed by atoms with E-state index in [1.165, 1.54) is 0 Å². The van der Waals surface area contributed by atoms with Crippen molar-refractivity contribution in [1.82, 2.24) is 9.88 Å². The van der Waals surface area contributed by atoms with E-state index in [1.54, 1.807) is 0 Å². The molecule has 0 aliphatic heterocycles. The quantitative estimate of drug-likeness (QED) is 0.884. The van der Waals surface area contributed by atoms with Gasteiger partial charge in [-0.15, -0.1) is 0 Å². The van der Waals surface area contributed by atoms with E-state index in [2.05, 4.69) is 48.9 Å². The summed E-state index contributed by atoms with van der Waals surface area (Å²) in [4.78, 5) is 12.8. The Morgan fingerprint density at radius 2 is 1.67 bits per heavy atom. The summed E-state index contributed by atoms with van der Waals surface area (Å²) in [5.41, 5.74) is 0.696. The zero-order valence-corrected chi connectivity index (χ0v) is 13.9. The Kier molecular flexibility index (Phi) is 3.87. The van der Waals surface area contributed by atoms with Crippen molar-refractivity contribution in [3.05, 3.63) is 36.5 Å². The Bertz CT molecular complexity index is 641. The van der Waals surface area contributed by atoms with Gasteiger partial charge in [0.1, 0.15) is 6.04 Å². The number of para-hydroxylation sites is 1. The highest BCUT2D eigenvalue weighted by Crippen LogP contribution is 2.34. The Balaban J connectivity index is 2.49. The van der Waals surface area contributed by atoms with Gasteiger partial charge in [0.25, 0.3) is 0 Å². The molecule has 3 nitrogen and oxygen atoms in total. The van der Waals surface area contributed by atoms with Crippen LogP contribution in [0.25, 0.3) is 10.9 Å². The Labute approximate surface area is 127 Å². The van der Waals surface area contributed by atoms with Crippen LogP contribution < -0.4 is 5.32 Å². The standard InChI is InChI=1S/C18H26N2O/c1-17(2,3)15(16(21)19-18(4,5)6)20-12-11-13-9-7-8-10-14(13)20/h7-12,15H,1-6H3,(H,19,21). The van der Waals surface area contributed by atoms with E-state index >= 15 is 0 Å². The maximum atomic E-state index is 12.8. The molecule has 3 heteroatoms. The largest absolute Gasteiger partial charge is 0.350 e. The van der Waals surface area contributed by atoms with Crippen LogP contribution in [-0.4, -0.2) is 16.0 Å². The zero-order chi connectivity index (χ0) is 15.8. The molecule has 0 fully saturated rings. The van der Waals surface area contributed by atoms with Crippen molar-refractivity contribution >= 4 is 16.8 Å². The number of carbonyl (C=O) groups excluding carboxylic acids is 1. The summed E-state index contributed by atoms with van der Waals surface area (Å²) >= 11 is 0. The minimum Gasteiger partial charge on any atom is -0.350 e. The average Bonchev–Trinajstić information content (AvgIpc) is 2.69.